The molecule has 150 valence electrons. The summed E-state index contributed by atoms with van der Waals surface area (Å²) in [6, 6.07) is 10.9. The molecule has 1 aliphatic heterocycles. The number of carbonyl (C=O) groups excluding carboxylic acids is 4. The molecule has 1 aliphatic rings. The molecule has 7 nitrogen and oxygen atoms in total. The highest BCUT2D eigenvalue weighted by Gasteiger charge is 2.25. The van der Waals surface area contributed by atoms with Crippen molar-refractivity contribution in [3.63, 3.8) is 0 Å². The van der Waals surface area contributed by atoms with Crippen LogP contribution in [0, 0.1) is 0 Å². The SMILES string of the molecule is COC(=O)c1ccc(C(=O)O[C@@H](C)C(=O)c2ccc3c(c2)CCN3C(C)=O)cc1. The number of carbonyl (C=O) groups is 4. The van der Waals surface area contributed by atoms with E-state index in [9.17, 15) is 19.2 Å². The summed E-state index contributed by atoms with van der Waals surface area (Å²) in [5.74, 6) is -1.53. The number of ether oxygens (including phenoxy) is 2. The quantitative estimate of drug-likeness (QED) is 0.571. The lowest BCUT2D eigenvalue weighted by atomic mass is 10.0. The van der Waals surface area contributed by atoms with E-state index in [0.29, 0.717) is 24.1 Å². The smallest absolute Gasteiger partial charge is 0.338 e. The highest BCUT2D eigenvalue weighted by Crippen LogP contribution is 2.29. The number of methoxy groups -OCH3 is 1. The van der Waals surface area contributed by atoms with E-state index >= 15 is 0 Å². The van der Waals surface area contributed by atoms with Crippen molar-refractivity contribution < 1.29 is 28.7 Å². The first kappa shape index (κ1) is 20.3. The molecule has 1 amide bonds. The molecule has 1 atom stereocenters. The van der Waals surface area contributed by atoms with Gasteiger partial charge in [-0.2, -0.15) is 0 Å². The third-order valence-electron chi connectivity index (χ3n) is 4.83. The lowest BCUT2D eigenvalue weighted by molar-refractivity contribution is -0.116. The molecule has 0 spiro atoms. The summed E-state index contributed by atoms with van der Waals surface area (Å²) in [6.45, 7) is 3.61. The Labute approximate surface area is 168 Å². The Balaban J connectivity index is 1.68. The lowest BCUT2D eigenvalue weighted by Crippen LogP contribution is -2.26. The molecule has 0 unspecified atom stereocenters. The van der Waals surface area contributed by atoms with Crippen molar-refractivity contribution in [1.82, 2.24) is 0 Å². The second kappa shape index (κ2) is 8.26. The Hall–Kier alpha value is -3.48. The molecule has 3 rings (SSSR count). The molecule has 0 saturated heterocycles. The number of nitrogens with zero attached hydrogens (tertiary/aromatic N) is 1. The largest absolute Gasteiger partial charge is 0.465 e. The van der Waals surface area contributed by atoms with Crippen LogP contribution < -0.4 is 4.90 Å². The van der Waals surface area contributed by atoms with Crippen LogP contribution in [-0.4, -0.2) is 43.4 Å². The Bertz CT molecular complexity index is 979. The van der Waals surface area contributed by atoms with E-state index in [4.69, 9.17) is 4.74 Å². The van der Waals surface area contributed by atoms with Gasteiger partial charge in [-0.3, -0.25) is 9.59 Å². The summed E-state index contributed by atoms with van der Waals surface area (Å²) in [5.41, 5.74) is 2.69. The van der Waals surface area contributed by atoms with Gasteiger partial charge in [-0.05, 0) is 61.4 Å². The minimum atomic E-state index is -0.980. The number of amides is 1. The van der Waals surface area contributed by atoms with Gasteiger partial charge in [-0.15, -0.1) is 0 Å². The molecule has 0 aromatic heterocycles. The highest BCUT2D eigenvalue weighted by molar-refractivity contribution is 6.03. The number of fused-ring (bicyclic) bond motifs is 1. The average Bonchev–Trinajstić information content (AvgIpc) is 3.16. The van der Waals surface area contributed by atoms with Crippen LogP contribution in [0.5, 0.6) is 0 Å². The maximum atomic E-state index is 12.7. The fourth-order valence-corrected chi connectivity index (χ4v) is 3.26. The number of rotatable bonds is 5. The minimum Gasteiger partial charge on any atom is -0.465 e. The lowest BCUT2D eigenvalue weighted by Gasteiger charge is -2.16. The Morgan fingerprint density at radius 1 is 0.931 bits per heavy atom. The van der Waals surface area contributed by atoms with Crippen molar-refractivity contribution in [2.45, 2.75) is 26.4 Å². The minimum absolute atomic E-state index is 0.0386. The highest BCUT2D eigenvalue weighted by atomic mass is 16.5. The van der Waals surface area contributed by atoms with Gasteiger partial charge in [0.1, 0.15) is 0 Å². The predicted octanol–water partition coefficient (Wildman–Crippen LogP) is 2.81. The monoisotopic (exact) mass is 395 g/mol. The summed E-state index contributed by atoms with van der Waals surface area (Å²) >= 11 is 0. The summed E-state index contributed by atoms with van der Waals surface area (Å²) < 4.78 is 9.90. The molecule has 0 N–H and O–H groups in total. The Kier molecular flexibility index (Phi) is 5.77. The van der Waals surface area contributed by atoms with E-state index in [2.05, 4.69) is 4.74 Å². The second-order valence-corrected chi connectivity index (χ2v) is 6.74. The first-order valence-corrected chi connectivity index (χ1v) is 9.16. The third kappa shape index (κ3) is 4.18. The number of ketones is 1. The fourth-order valence-electron chi connectivity index (χ4n) is 3.26. The van der Waals surface area contributed by atoms with Crippen molar-refractivity contribution in [3.8, 4) is 0 Å². The van der Waals surface area contributed by atoms with E-state index in [-0.39, 0.29) is 17.3 Å². The maximum Gasteiger partial charge on any atom is 0.338 e. The topological polar surface area (TPSA) is 90.0 Å². The van der Waals surface area contributed by atoms with Crippen molar-refractivity contribution in [2.24, 2.45) is 0 Å². The van der Waals surface area contributed by atoms with E-state index in [0.717, 1.165) is 11.3 Å². The van der Waals surface area contributed by atoms with E-state index in [1.807, 2.05) is 0 Å². The van der Waals surface area contributed by atoms with Gasteiger partial charge in [0, 0.05) is 24.7 Å². The molecular weight excluding hydrogens is 374 g/mol. The van der Waals surface area contributed by atoms with Crippen LogP contribution in [0.15, 0.2) is 42.5 Å². The van der Waals surface area contributed by atoms with Crippen LogP contribution in [0.25, 0.3) is 0 Å². The standard InChI is InChI=1S/C22H21NO6/c1-13(29-22(27)16-6-4-15(5-7-16)21(26)28-3)20(25)18-8-9-19-17(12-18)10-11-23(19)14(2)24/h4-9,12-13H,10-11H2,1-3H3/t13-/m0/s1. The van der Waals surface area contributed by atoms with Gasteiger partial charge in [-0.1, -0.05) is 0 Å². The van der Waals surface area contributed by atoms with Crippen LogP contribution in [0.3, 0.4) is 0 Å². The van der Waals surface area contributed by atoms with Gasteiger partial charge < -0.3 is 14.4 Å². The maximum absolute atomic E-state index is 12.7. The number of benzene rings is 2. The average molecular weight is 395 g/mol. The van der Waals surface area contributed by atoms with Gasteiger partial charge in [0.2, 0.25) is 11.7 Å². The van der Waals surface area contributed by atoms with Gasteiger partial charge in [0.15, 0.2) is 6.10 Å². The molecular formula is C22H21NO6. The predicted molar refractivity (Wildman–Crippen MR) is 105 cm³/mol. The van der Waals surface area contributed by atoms with E-state index in [1.165, 1.54) is 45.2 Å². The molecule has 2 aromatic rings. The summed E-state index contributed by atoms with van der Waals surface area (Å²) in [6.07, 6.45) is -0.303. The molecule has 0 aliphatic carbocycles. The van der Waals surface area contributed by atoms with Crippen LogP contribution in [0.4, 0.5) is 5.69 Å². The van der Waals surface area contributed by atoms with Gasteiger partial charge in [0.05, 0.1) is 18.2 Å². The third-order valence-corrected chi connectivity index (χ3v) is 4.83. The second-order valence-electron chi connectivity index (χ2n) is 6.74. The van der Waals surface area contributed by atoms with Crippen molar-refractivity contribution in [2.75, 3.05) is 18.6 Å². The van der Waals surface area contributed by atoms with Crippen molar-refractivity contribution in [1.29, 1.82) is 0 Å². The van der Waals surface area contributed by atoms with Crippen molar-refractivity contribution >= 4 is 29.3 Å². The first-order chi connectivity index (χ1) is 13.8. The van der Waals surface area contributed by atoms with E-state index < -0.39 is 18.0 Å². The zero-order chi connectivity index (χ0) is 21.1. The molecule has 29 heavy (non-hydrogen) atoms. The summed E-state index contributed by atoms with van der Waals surface area (Å²) in [5, 5.41) is 0. The van der Waals surface area contributed by atoms with Gasteiger partial charge in [-0.25, -0.2) is 9.59 Å². The molecule has 2 aromatic carbocycles. The number of anilines is 1. The van der Waals surface area contributed by atoms with Crippen molar-refractivity contribution in [3.05, 3.63) is 64.7 Å². The number of esters is 2. The van der Waals surface area contributed by atoms with Crippen LogP contribution in [-0.2, 0) is 20.7 Å². The van der Waals surface area contributed by atoms with Crippen LogP contribution >= 0.6 is 0 Å². The number of hydrogen-bond acceptors (Lipinski definition) is 6. The molecule has 0 bridgehead atoms. The molecule has 0 radical (unpaired) electrons. The molecule has 0 fully saturated rings. The normalized spacial score (nSPS) is 13.4. The fraction of sp³-hybridized carbons (Fsp3) is 0.273. The van der Waals surface area contributed by atoms with Crippen LogP contribution in [0.2, 0.25) is 0 Å². The van der Waals surface area contributed by atoms with Gasteiger partial charge in [0.25, 0.3) is 0 Å². The van der Waals surface area contributed by atoms with E-state index in [1.54, 1.807) is 23.1 Å². The molecule has 0 saturated carbocycles. The summed E-state index contributed by atoms with van der Waals surface area (Å²) in [4.78, 5) is 49.8. The van der Waals surface area contributed by atoms with Gasteiger partial charge >= 0.3 is 11.9 Å². The Morgan fingerprint density at radius 2 is 1.52 bits per heavy atom. The molecule has 1 heterocycles. The molecule has 7 heteroatoms. The number of Topliss-reactive ketones (excluding diaryl/α,β-unsaturated/α-hetero) is 1. The summed E-state index contributed by atoms with van der Waals surface area (Å²) in [7, 11) is 1.27. The zero-order valence-corrected chi connectivity index (χ0v) is 16.4. The van der Waals surface area contributed by atoms with Crippen LogP contribution in [0.1, 0.15) is 50.5 Å². The first-order valence-electron chi connectivity index (χ1n) is 9.16. The number of hydrogen-bond donors (Lipinski definition) is 0. The Morgan fingerprint density at radius 3 is 2.10 bits per heavy atom. The zero-order valence-electron chi connectivity index (χ0n) is 16.4.